The Kier molecular flexibility index (Phi) is 5.58. The molecule has 1 aromatic heterocycles. The summed E-state index contributed by atoms with van der Waals surface area (Å²) >= 11 is 0. The standard InChI is InChI=1S/C9H14N4O6S/c1-19-9(16)2-3-20(17,18)10-4-7-5-13(12-11-7)6-8(14)15/h5,10H,2-4,6H2,1H3,(H,14,15). The fourth-order valence-corrected chi connectivity index (χ4v) is 2.16. The molecule has 1 rings (SSSR count). The van der Waals surface area contributed by atoms with Crippen LogP contribution >= 0.6 is 0 Å². The summed E-state index contributed by atoms with van der Waals surface area (Å²) in [6.07, 6.45) is 1.06. The summed E-state index contributed by atoms with van der Waals surface area (Å²) < 4.78 is 30.7. The molecule has 1 heterocycles. The molecule has 112 valence electrons. The molecule has 10 nitrogen and oxygen atoms in total. The van der Waals surface area contributed by atoms with Gasteiger partial charge in [0, 0.05) is 0 Å². The average molecular weight is 306 g/mol. The van der Waals surface area contributed by atoms with Gasteiger partial charge in [-0.25, -0.2) is 17.8 Å². The van der Waals surface area contributed by atoms with Crippen LogP contribution in [-0.4, -0.2) is 53.3 Å². The van der Waals surface area contributed by atoms with Crippen molar-refractivity contribution in [3.05, 3.63) is 11.9 Å². The number of ether oxygens (including phenoxy) is 1. The maximum atomic E-state index is 11.5. The number of hydrogen-bond acceptors (Lipinski definition) is 7. The van der Waals surface area contributed by atoms with E-state index in [0.29, 0.717) is 0 Å². The van der Waals surface area contributed by atoms with Crippen molar-refractivity contribution in [3.8, 4) is 0 Å². The summed E-state index contributed by atoms with van der Waals surface area (Å²) in [6, 6.07) is 0. The van der Waals surface area contributed by atoms with Crippen LogP contribution in [0.4, 0.5) is 0 Å². The number of methoxy groups -OCH3 is 1. The molecular weight excluding hydrogens is 292 g/mol. The Labute approximate surface area is 114 Å². The summed E-state index contributed by atoms with van der Waals surface area (Å²) in [7, 11) is -2.47. The van der Waals surface area contributed by atoms with Gasteiger partial charge in [0.1, 0.15) is 6.54 Å². The third kappa shape index (κ3) is 5.75. The fourth-order valence-electron chi connectivity index (χ4n) is 1.21. The van der Waals surface area contributed by atoms with Crippen molar-refractivity contribution >= 4 is 22.0 Å². The predicted octanol–water partition coefficient (Wildman–Crippen LogP) is -1.65. The highest BCUT2D eigenvalue weighted by Crippen LogP contribution is 1.97. The van der Waals surface area contributed by atoms with E-state index in [9.17, 15) is 18.0 Å². The minimum atomic E-state index is -3.64. The number of carbonyl (C=O) groups excluding carboxylic acids is 1. The molecule has 11 heteroatoms. The first kappa shape index (κ1) is 16.0. The zero-order valence-corrected chi connectivity index (χ0v) is 11.5. The van der Waals surface area contributed by atoms with E-state index >= 15 is 0 Å². The van der Waals surface area contributed by atoms with Crippen molar-refractivity contribution in [1.29, 1.82) is 0 Å². The average Bonchev–Trinajstić information content (AvgIpc) is 2.80. The second-order valence-electron chi connectivity index (χ2n) is 3.77. The van der Waals surface area contributed by atoms with Crippen LogP contribution in [0, 0.1) is 0 Å². The van der Waals surface area contributed by atoms with Crippen LogP contribution in [0.3, 0.4) is 0 Å². The fraction of sp³-hybridized carbons (Fsp3) is 0.556. The normalized spacial score (nSPS) is 11.2. The quantitative estimate of drug-likeness (QED) is 0.544. The molecule has 0 aliphatic heterocycles. The first-order valence-electron chi connectivity index (χ1n) is 5.47. The second-order valence-corrected chi connectivity index (χ2v) is 5.69. The molecule has 1 aromatic rings. The zero-order valence-electron chi connectivity index (χ0n) is 10.6. The SMILES string of the molecule is COC(=O)CCS(=O)(=O)NCc1cn(CC(=O)O)nn1. The Bertz CT molecular complexity index is 581. The number of rotatable bonds is 8. The molecule has 2 N–H and O–H groups in total. The summed E-state index contributed by atoms with van der Waals surface area (Å²) in [5.41, 5.74) is 0.271. The molecule has 20 heavy (non-hydrogen) atoms. The molecule has 0 atom stereocenters. The number of aromatic nitrogens is 3. The number of sulfonamides is 1. The monoisotopic (exact) mass is 306 g/mol. The Morgan fingerprint density at radius 1 is 1.50 bits per heavy atom. The lowest BCUT2D eigenvalue weighted by Crippen LogP contribution is -2.27. The second kappa shape index (κ2) is 6.96. The third-order valence-corrected chi connectivity index (χ3v) is 3.48. The van der Waals surface area contributed by atoms with E-state index in [4.69, 9.17) is 5.11 Å². The molecule has 0 radical (unpaired) electrons. The molecule has 0 saturated carbocycles. The summed E-state index contributed by atoms with van der Waals surface area (Å²) in [5, 5.41) is 15.7. The van der Waals surface area contributed by atoms with Gasteiger partial charge in [0.25, 0.3) is 0 Å². The van der Waals surface area contributed by atoms with Gasteiger partial charge >= 0.3 is 11.9 Å². The highest BCUT2D eigenvalue weighted by Gasteiger charge is 2.14. The molecule has 0 spiro atoms. The number of nitrogens with one attached hydrogen (secondary N) is 1. The van der Waals surface area contributed by atoms with Crippen LogP contribution in [0.15, 0.2) is 6.20 Å². The molecule has 0 bridgehead atoms. The summed E-state index contributed by atoms with van der Waals surface area (Å²) in [4.78, 5) is 21.3. The lowest BCUT2D eigenvalue weighted by atomic mass is 10.5. The van der Waals surface area contributed by atoms with Gasteiger partial charge in [-0.05, 0) is 0 Å². The molecule has 0 aliphatic rings. The highest BCUT2D eigenvalue weighted by atomic mass is 32.2. The number of carboxylic acid groups (broad SMARTS) is 1. The highest BCUT2D eigenvalue weighted by molar-refractivity contribution is 7.89. The Morgan fingerprint density at radius 3 is 2.80 bits per heavy atom. The summed E-state index contributed by atoms with van der Waals surface area (Å²) in [6.45, 7) is -0.495. The van der Waals surface area contributed by atoms with Crippen molar-refractivity contribution in [3.63, 3.8) is 0 Å². The number of carboxylic acids is 1. The zero-order chi connectivity index (χ0) is 15.2. The van der Waals surface area contributed by atoms with E-state index in [1.54, 1.807) is 0 Å². The van der Waals surface area contributed by atoms with Crippen LogP contribution in [0.25, 0.3) is 0 Å². The van der Waals surface area contributed by atoms with Crippen molar-refractivity contribution in [2.75, 3.05) is 12.9 Å². The minimum Gasteiger partial charge on any atom is -0.480 e. The minimum absolute atomic E-state index is 0.136. The Balaban J connectivity index is 2.47. The van der Waals surface area contributed by atoms with E-state index in [2.05, 4.69) is 19.8 Å². The number of esters is 1. The van der Waals surface area contributed by atoms with Crippen molar-refractivity contribution in [2.45, 2.75) is 19.5 Å². The van der Waals surface area contributed by atoms with Gasteiger partial charge in [-0.15, -0.1) is 5.10 Å². The number of nitrogens with zero attached hydrogens (tertiary/aromatic N) is 3. The smallest absolute Gasteiger partial charge is 0.325 e. The van der Waals surface area contributed by atoms with Crippen LogP contribution in [-0.2, 0) is 37.4 Å². The number of aliphatic carboxylic acids is 1. The molecule has 0 amide bonds. The van der Waals surface area contributed by atoms with Crippen molar-refractivity contribution in [2.24, 2.45) is 0 Å². The molecule has 0 unspecified atom stereocenters. The van der Waals surface area contributed by atoms with Crippen LogP contribution in [0.1, 0.15) is 12.1 Å². The van der Waals surface area contributed by atoms with E-state index in [1.807, 2.05) is 0 Å². The summed E-state index contributed by atoms with van der Waals surface area (Å²) in [5.74, 6) is -2.11. The van der Waals surface area contributed by atoms with Gasteiger partial charge in [0.05, 0.1) is 37.7 Å². The van der Waals surface area contributed by atoms with Crippen LogP contribution in [0.2, 0.25) is 0 Å². The molecule has 0 aromatic carbocycles. The van der Waals surface area contributed by atoms with Gasteiger partial charge in [-0.3, -0.25) is 9.59 Å². The van der Waals surface area contributed by atoms with E-state index in [0.717, 1.165) is 4.68 Å². The van der Waals surface area contributed by atoms with Gasteiger partial charge in [0.2, 0.25) is 10.0 Å². The lowest BCUT2D eigenvalue weighted by Gasteiger charge is -2.03. The largest absolute Gasteiger partial charge is 0.480 e. The van der Waals surface area contributed by atoms with Gasteiger partial charge < -0.3 is 9.84 Å². The first-order chi connectivity index (χ1) is 9.32. The first-order valence-corrected chi connectivity index (χ1v) is 7.12. The van der Waals surface area contributed by atoms with E-state index in [-0.39, 0.29) is 25.2 Å². The lowest BCUT2D eigenvalue weighted by molar-refractivity contribution is -0.140. The van der Waals surface area contributed by atoms with E-state index in [1.165, 1.54) is 13.3 Å². The van der Waals surface area contributed by atoms with Gasteiger partial charge in [-0.1, -0.05) is 5.21 Å². The predicted molar refractivity (Wildman–Crippen MR) is 64.9 cm³/mol. The maximum Gasteiger partial charge on any atom is 0.325 e. The number of carbonyl (C=O) groups is 2. The van der Waals surface area contributed by atoms with Gasteiger partial charge in [-0.2, -0.15) is 0 Å². The maximum absolute atomic E-state index is 11.5. The number of hydrogen-bond donors (Lipinski definition) is 2. The van der Waals surface area contributed by atoms with Crippen LogP contribution < -0.4 is 4.72 Å². The van der Waals surface area contributed by atoms with Crippen LogP contribution in [0.5, 0.6) is 0 Å². The Morgan fingerprint density at radius 2 is 2.20 bits per heavy atom. The molecule has 0 fully saturated rings. The van der Waals surface area contributed by atoms with Crippen molar-refractivity contribution < 1.29 is 27.9 Å². The molecule has 0 saturated heterocycles. The molecular formula is C9H14N4O6S. The Hall–Kier alpha value is -2.01. The molecule has 0 aliphatic carbocycles. The van der Waals surface area contributed by atoms with Gasteiger partial charge in [0.15, 0.2) is 0 Å². The van der Waals surface area contributed by atoms with Crippen molar-refractivity contribution in [1.82, 2.24) is 19.7 Å². The topological polar surface area (TPSA) is 140 Å². The van der Waals surface area contributed by atoms with E-state index < -0.39 is 27.7 Å². The third-order valence-electron chi connectivity index (χ3n) is 2.16.